The predicted octanol–water partition coefficient (Wildman–Crippen LogP) is 2.60. The van der Waals surface area contributed by atoms with Crippen LogP contribution in [0.2, 0.25) is 0 Å². The highest BCUT2D eigenvalue weighted by molar-refractivity contribution is 5.95. The highest BCUT2D eigenvalue weighted by Crippen LogP contribution is 2.41. The van der Waals surface area contributed by atoms with Gasteiger partial charge in [-0.25, -0.2) is 0 Å². The van der Waals surface area contributed by atoms with Crippen LogP contribution < -0.4 is 4.74 Å². The number of phenols is 1. The van der Waals surface area contributed by atoms with Gasteiger partial charge in [0.1, 0.15) is 11.5 Å². The number of epoxide rings is 1. The average molecular weight is 307 g/mol. The molecule has 1 N–H and O–H groups in total. The van der Waals surface area contributed by atoms with Crippen molar-refractivity contribution < 1.29 is 19.4 Å². The van der Waals surface area contributed by atoms with Gasteiger partial charge in [-0.15, -0.1) is 0 Å². The number of hydrogen-bond acceptors (Lipinski definition) is 4. The van der Waals surface area contributed by atoms with Crippen LogP contribution in [0.4, 0.5) is 0 Å². The molecule has 1 aliphatic rings. The van der Waals surface area contributed by atoms with E-state index >= 15 is 0 Å². The lowest BCUT2D eigenvalue weighted by molar-refractivity contribution is 0.0772. The van der Waals surface area contributed by atoms with Crippen LogP contribution in [0.1, 0.15) is 43.6 Å². The van der Waals surface area contributed by atoms with Gasteiger partial charge in [0, 0.05) is 30.6 Å². The Morgan fingerprint density at radius 3 is 2.41 bits per heavy atom. The lowest BCUT2D eigenvalue weighted by atomic mass is 9.99. The first-order valence-electron chi connectivity index (χ1n) is 7.71. The van der Waals surface area contributed by atoms with Crippen molar-refractivity contribution in [1.29, 1.82) is 0 Å². The minimum atomic E-state index is -0.160. The molecule has 0 aromatic heterocycles. The molecule has 0 saturated carbocycles. The van der Waals surface area contributed by atoms with Crippen molar-refractivity contribution in [3.05, 3.63) is 23.3 Å². The molecule has 1 fully saturated rings. The Hall–Kier alpha value is -1.75. The molecule has 0 spiro atoms. The molecule has 22 heavy (non-hydrogen) atoms. The molecule has 0 radical (unpaired) electrons. The number of phenolic OH excluding ortho intramolecular Hbond substituents is 1. The van der Waals surface area contributed by atoms with Gasteiger partial charge in [0.2, 0.25) is 0 Å². The van der Waals surface area contributed by atoms with Crippen molar-refractivity contribution in [3.63, 3.8) is 0 Å². The zero-order valence-electron chi connectivity index (χ0n) is 14.0. The van der Waals surface area contributed by atoms with Crippen LogP contribution in [-0.2, 0) is 11.2 Å². The molecule has 1 saturated heterocycles. The van der Waals surface area contributed by atoms with Crippen LogP contribution in [0.25, 0.3) is 0 Å². The molecule has 1 heterocycles. The third kappa shape index (κ3) is 3.19. The second-order valence-electron chi connectivity index (χ2n) is 6.07. The Balaban J connectivity index is 2.29. The first kappa shape index (κ1) is 16.6. The zero-order chi connectivity index (χ0) is 16.5. The molecule has 1 amide bonds. The maximum Gasteiger partial charge on any atom is 0.254 e. The van der Waals surface area contributed by atoms with Crippen LogP contribution >= 0.6 is 0 Å². The molecule has 1 aromatic carbocycles. The number of carbonyl (C=O) groups is 1. The molecular weight excluding hydrogens is 282 g/mol. The van der Waals surface area contributed by atoms with Crippen molar-refractivity contribution in [3.8, 4) is 11.5 Å². The second kappa shape index (κ2) is 6.16. The largest absolute Gasteiger partial charge is 0.508 e. The minimum Gasteiger partial charge on any atom is -0.508 e. The number of amides is 1. The van der Waals surface area contributed by atoms with Crippen LogP contribution in [0.5, 0.6) is 11.5 Å². The van der Waals surface area contributed by atoms with E-state index in [0.29, 0.717) is 36.4 Å². The van der Waals surface area contributed by atoms with Gasteiger partial charge in [0.05, 0.1) is 18.8 Å². The SMILES string of the molecule is CCN(CC)C(=O)c1cc(O)c(CC2OC2(C)C)c(OC)c1. The summed E-state index contributed by atoms with van der Waals surface area (Å²) in [4.78, 5) is 14.1. The molecular formula is C17H25NO4. The van der Waals surface area contributed by atoms with Gasteiger partial charge < -0.3 is 19.5 Å². The van der Waals surface area contributed by atoms with Gasteiger partial charge in [0.15, 0.2) is 0 Å². The topological polar surface area (TPSA) is 62.3 Å². The lowest BCUT2D eigenvalue weighted by Crippen LogP contribution is -2.30. The summed E-state index contributed by atoms with van der Waals surface area (Å²) < 4.78 is 10.9. The number of ether oxygens (including phenoxy) is 2. The Labute approximate surface area is 131 Å². The molecule has 122 valence electrons. The molecule has 1 unspecified atom stereocenters. The molecule has 1 atom stereocenters. The van der Waals surface area contributed by atoms with Gasteiger partial charge in [-0.05, 0) is 39.8 Å². The quantitative estimate of drug-likeness (QED) is 0.821. The number of rotatable bonds is 6. The van der Waals surface area contributed by atoms with E-state index < -0.39 is 0 Å². The summed E-state index contributed by atoms with van der Waals surface area (Å²) in [5, 5.41) is 10.3. The van der Waals surface area contributed by atoms with Gasteiger partial charge in [0.25, 0.3) is 5.91 Å². The van der Waals surface area contributed by atoms with Gasteiger partial charge in [-0.2, -0.15) is 0 Å². The maximum atomic E-state index is 12.4. The van der Waals surface area contributed by atoms with E-state index in [1.807, 2.05) is 27.7 Å². The Kier molecular flexibility index (Phi) is 4.66. The van der Waals surface area contributed by atoms with Crippen molar-refractivity contribution in [2.24, 2.45) is 0 Å². The van der Waals surface area contributed by atoms with Gasteiger partial charge >= 0.3 is 0 Å². The zero-order valence-corrected chi connectivity index (χ0v) is 14.0. The van der Waals surface area contributed by atoms with E-state index in [2.05, 4.69) is 0 Å². The van der Waals surface area contributed by atoms with Gasteiger partial charge in [-0.1, -0.05) is 0 Å². The van der Waals surface area contributed by atoms with E-state index in [-0.39, 0.29) is 23.4 Å². The molecule has 5 heteroatoms. The first-order chi connectivity index (χ1) is 10.3. The highest BCUT2D eigenvalue weighted by Gasteiger charge is 2.48. The van der Waals surface area contributed by atoms with Crippen molar-refractivity contribution >= 4 is 5.91 Å². The van der Waals surface area contributed by atoms with Crippen LogP contribution in [0.3, 0.4) is 0 Å². The average Bonchev–Trinajstić information content (AvgIpc) is 3.08. The highest BCUT2D eigenvalue weighted by atomic mass is 16.6. The molecule has 5 nitrogen and oxygen atoms in total. The van der Waals surface area contributed by atoms with E-state index in [1.165, 1.54) is 6.07 Å². The summed E-state index contributed by atoms with van der Waals surface area (Å²) >= 11 is 0. The Morgan fingerprint density at radius 2 is 1.95 bits per heavy atom. The summed E-state index contributed by atoms with van der Waals surface area (Å²) in [7, 11) is 1.54. The molecule has 1 aromatic rings. The smallest absolute Gasteiger partial charge is 0.254 e. The van der Waals surface area contributed by atoms with E-state index in [4.69, 9.17) is 9.47 Å². The van der Waals surface area contributed by atoms with Crippen LogP contribution in [0, 0.1) is 0 Å². The summed E-state index contributed by atoms with van der Waals surface area (Å²) in [5.41, 5.74) is 0.972. The van der Waals surface area contributed by atoms with Crippen LogP contribution in [-0.4, -0.2) is 47.8 Å². The maximum absolute atomic E-state index is 12.4. The third-order valence-corrected chi connectivity index (χ3v) is 4.26. The molecule has 2 rings (SSSR count). The molecule has 1 aliphatic heterocycles. The van der Waals surface area contributed by atoms with E-state index in [0.717, 1.165) is 0 Å². The summed E-state index contributed by atoms with van der Waals surface area (Å²) in [6.45, 7) is 9.15. The number of hydrogen-bond donors (Lipinski definition) is 1. The number of nitrogens with zero attached hydrogens (tertiary/aromatic N) is 1. The van der Waals surface area contributed by atoms with Gasteiger partial charge in [-0.3, -0.25) is 4.79 Å². The Morgan fingerprint density at radius 1 is 1.36 bits per heavy atom. The van der Waals surface area contributed by atoms with Crippen LogP contribution in [0.15, 0.2) is 12.1 Å². The normalized spacial score (nSPS) is 18.9. The van der Waals surface area contributed by atoms with Crippen molar-refractivity contribution in [2.45, 2.75) is 45.8 Å². The molecule has 0 aliphatic carbocycles. The number of methoxy groups -OCH3 is 1. The third-order valence-electron chi connectivity index (χ3n) is 4.26. The second-order valence-corrected chi connectivity index (χ2v) is 6.07. The fraction of sp³-hybridized carbons (Fsp3) is 0.588. The van der Waals surface area contributed by atoms with Crippen molar-refractivity contribution in [1.82, 2.24) is 4.90 Å². The fourth-order valence-corrected chi connectivity index (χ4v) is 2.64. The predicted molar refractivity (Wildman–Crippen MR) is 84.6 cm³/mol. The summed E-state index contributed by atoms with van der Waals surface area (Å²) in [5.74, 6) is 0.510. The number of aromatic hydroxyl groups is 1. The summed E-state index contributed by atoms with van der Waals surface area (Å²) in [6, 6.07) is 3.22. The first-order valence-corrected chi connectivity index (χ1v) is 7.71. The summed E-state index contributed by atoms with van der Waals surface area (Å²) in [6.07, 6.45) is 0.638. The Bertz CT molecular complexity index is 564. The monoisotopic (exact) mass is 307 g/mol. The fourth-order valence-electron chi connectivity index (χ4n) is 2.64. The lowest BCUT2D eigenvalue weighted by Gasteiger charge is -2.20. The number of carbonyl (C=O) groups excluding carboxylic acids is 1. The standard InChI is InChI=1S/C17H25NO4/c1-6-18(7-2)16(20)11-8-13(19)12(14(9-11)21-5)10-15-17(3,4)22-15/h8-9,15,19H,6-7,10H2,1-5H3. The van der Waals surface area contributed by atoms with E-state index in [9.17, 15) is 9.90 Å². The van der Waals surface area contributed by atoms with Crippen molar-refractivity contribution in [2.75, 3.05) is 20.2 Å². The number of benzene rings is 1. The van der Waals surface area contributed by atoms with E-state index in [1.54, 1.807) is 18.1 Å². The molecule has 0 bridgehead atoms. The minimum absolute atomic E-state index is 0.0663.